The lowest BCUT2D eigenvalue weighted by molar-refractivity contribution is -0.120. The minimum absolute atomic E-state index is 0.137. The SMILES string of the molecule is CCc1ccc(NC2=C(c3ccc(F)cc3)C(=O)N(c3ccc(C)c(Cl)c3)C2=O)cc1. The summed E-state index contributed by atoms with van der Waals surface area (Å²) < 4.78 is 13.5. The van der Waals surface area contributed by atoms with E-state index >= 15 is 0 Å². The highest BCUT2D eigenvalue weighted by atomic mass is 35.5. The molecule has 6 heteroatoms. The Morgan fingerprint density at radius 1 is 0.935 bits per heavy atom. The van der Waals surface area contributed by atoms with Crippen LogP contribution in [0.2, 0.25) is 5.02 Å². The molecule has 4 rings (SSSR count). The summed E-state index contributed by atoms with van der Waals surface area (Å²) in [5.74, 6) is -1.42. The van der Waals surface area contributed by atoms with E-state index in [4.69, 9.17) is 11.6 Å². The molecule has 0 aliphatic carbocycles. The molecule has 156 valence electrons. The lowest BCUT2D eigenvalue weighted by Gasteiger charge is -2.16. The number of rotatable bonds is 5. The number of hydrogen-bond donors (Lipinski definition) is 1. The molecule has 3 aromatic carbocycles. The summed E-state index contributed by atoms with van der Waals surface area (Å²) in [5, 5.41) is 3.56. The largest absolute Gasteiger partial charge is 0.350 e. The number of carbonyl (C=O) groups excluding carboxylic acids is 2. The Morgan fingerprint density at radius 2 is 1.61 bits per heavy atom. The first kappa shape index (κ1) is 20.8. The molecule has 0 saturated carbocycles. The first-order valence-corrected chi connectivity index (χ1v) is 10.3. The maximum absolute atomic E-state index is 13.5. The number of aryl methyl sites for hydroxylation is 2. The lowest BCUT2D eigenvalue weighted by Crippen LogP contribution is -2.32. The van der Waals surface area contributed by atoms with Crippen LogP contribution in [0.15, 0.2) is 72.4 Å². The van der Waals surface area contributed by atoms with Crippen LogP contribution < -0.4 is 10.2 Å². The van der Waals surface area contributed by atoms with Gasteiger partial charge in [-0.2, -0.15) is 0 Å². The van der Waals surface area contributed by atoms with Crippen LogP contribution in [0, 0.1) is 12.7 Å². The van der Waals surface area contributed by atoms with Gasteiger partial charge in [0, 0.05) is 10.7 Å². The van der Waals surface area contributed by atoms with Crippen molar-refractivity contribution in [3.63, 3.8) is 0 Å². The van der Waals surface area contributed by atoms with Crippen LogP contribution in [-0.2, 0) is 16.0 Å². The highest BCUT2D eigenvalue weighted by Crippen LogP contribution is 2.35. The number of nitrogens with one attached hydrogen (secondary N) is 1. The summed E-state index contributed by atoms with van der Waals surface area (Å²) in [6.07, 6.45) is 0.892. The fourth-order valence-corrected chi connectivity index (χ4v) is 3.63. The van der Waals surface area contributed by atoms with E-state index in [9.17, 15) is 14.0 Å². The van der Waals surface area contributed by atoms with Crippen LogP contribution >= 0.6 is 11.6 Å². The zero-order valence-corrected chi connectivity index (χ0v) is 17.8. The van der Waals surface area contributed by atoms with Crippen LogP contribution in [0.25, 0.3) is 5.57 Å². The second-order valence-electron chi connectivity index (χ2n) is 7.31. The van der Waals surface area contributed by atoms with Crippen molar-refractivity contribution in [3.05, 3.63) is 100.0 Å². The normalized spacial score (nSPS) is 13.9. The van der Waals surface area contributed by atoms with E-state index in [1.807, 2.05) is 31.2 Å². The summed E-state index contributed by atoms with van der Waals surface area (Å²) >= 11 is 6.23. The van der Waals surface area contributed by atoms with Crippen molar-refractivity contribution in [1.82, 2.24) is 0 Å². The zero-order valence-electron chi connectivity index (χ0n) is 17.1. The second-order valence-corrected chi connectivity index (χ2v) is 7.72. The van der Waals surface area contributed by atoms with E-state index < -0.39 is 17.6 Å². The summed E-state index contributed by atoms with van der Waals surface area (Å²) in [5.41, 5.74) is 3.82. The van der Waals surface area contributed by atoms with Gasteiger partial charge in [0.15, 0.2) is 0 Å². The molecule has 0 fully saturated rings. The number of anilines is 2. The third-order valence-electron chi connectivity index (χ3n) is 5.26. The van der Waals surface area contributed by atoms with E-state index in [0.717, 1.165) is 22.4 Å². The molecule has 1 aliphatic heterocycles. The standard InChI is InChI=1S/C25H20ClFN2O2/c1-3-16-5-11-19(12-6-16)28-23-22(17-7-9-18(27)10-8-17)24(30)29(25(23)31)20-13-4-15(2)21(26)14-20/h4-14,28H,3H2,1-2H3. The van der Waals surface area contributed by atoms with Crippen molar-refractivity contribution >= 4 is 40.4 Å². The molecule has 1 N–H and O–H groups in total. The average molecular weight is 435 g/mol. The molecule has 3 aromatic rings. The van der Waals surface area contributed by atoms with E-state index in [1.165, 1.54) is 24.3 Å². The van der Waals surface area contributed by atoms with Crippen molar-refractivity contribution in [2.75, 3.05) is 10.2 Å². The molecule has 2 amide bonds. The average Bonchev–Trinajstić information content (AvgIpc) is 3.01. The fourth-order valence-electron chi connectivity index (χ4n) is 3.45. The first-order valence-electron chi connectivity index (χ1n) is 9.90. The van der Waals surface area contributed by atoms with Gasteiger partial charge in [-0.15, -0.1) is 0 Å². The van der Waals surface area contributed by atoms with Gasteiger partial charge in [0.2, 0.25) is 0 Å². The molecule has 0 saturated heterocycles. The van der Waals surface area contributed by atoms with Crippen LogP contribution in [0.5, 0.6) is 0 Å². The molecule has 0 spiro atoms. The summed E-state index contributed by atoms with van der Waals surface area (Å²) in [4.78, 5) is 27.8. The summed E-state index contributed by atoms with van der Waals surface area (Å²) in [7, 11) is 0. The lowest BCUT2D eigenvalue weighted by atomic mass is 10.0. The van der Waals surface area contributed by atoms with Gasteiger partial charge in [-0.3, -0.25) is 9.59 Å². The van der Waals surface area contributed by atoms with Crippen molar-refractivity contribution < 1.29 is 14.0 Å². The minimum Gasteiger partial charge on any atom is -0.350 e. The van der Waals surface area contributed by atoms with Crippen molar-refractivity contribution in [2.24, 2.45) is 0 Å². The Kier molecular flexibility index (Phi) is 5.61. The molecule has 0 unspecified atom stereocenters. The van der Waals surface area contributed by atoms with Gasteiger partial charge < -0.3 is 5.32 Å². The van der Waals surface area contributed by atoms with Crippen LogP contribution in [0.4, 0.5) is 15.8 Å². The molecule has 4 nitrogen and oxygen atoms in total. The molecule has 0 bridgehead atoms. The van der Waals surface area contributed by atoms with Gasteiger partial charge >= 0.3 is 0 Å². The van der Waals surface area contributed by atoms with Crippen molar-refractivity contribution in [2.45, 2.75) is 20.3 Å². The number of nitrogens with zero attached hydrogens (tertiary/aromatic N) is 1. The van der Waals surface area contributed by atoms with Gasteiger partial charge in [0.25, 0.3) is 11.8 Å². The van der Waals surface area contributed by atoms with Crippen molar-refractivity contribution in [3.8, 4) is 0 Å². The highest BCUT2D eigenvalue weighted by molar-refractivity contribution is 6.46. The Hall–Kier alpha value is -3.44. The molecular weight excluding hydrogens is 415 g/mol. The molecular formula is C25H20ClFN2O2. The first-order chi connectivity index (χ1) is 14.9. The predicted octanol–water partition coefficient (Wildman–Crippen LogP) is 5.75. The van der Waals surface area contributed by atoms with Gasteiger partial charge in [-0.05, 0) is 66.4 Å². The van der Waals surface area contributed by atoms with E-state index in [-0.39, 0.29) is 11.3 Å². The topological polar surface area (TPSA) is 49.4 Å². The molecule has 1 heterocycles. The maximum atomic E-state index is 13.5. The fraction of sp³-hybridized carbons (Fsp3) is 0.120. The van der Waals surface area contributed by atoms with Gasteiger partial charge in [0.1, 0.15) is 11.5 Å². The number of imide groups is 1. The van der Waals surface area contributed by atoms with Crippen molar-refractivity contribution in [1.29, 1.82) is 0 Å². The third kappa shape index (κ3) is 3.97. The number of halogens is 2. The quantitative estimate of drug-likeness (QED) is 0.520. The molecule has 1 aliphatic rings. The molecule has 0 atom stereocenters. The minimum atomic E-state index is -0.496. The second kappa shape index (κ2) is 8.36. The maximum Gasteiger partial charge on any atom is 0.282 e. The van der Waals surface area contributed by atoms with Crippen LogP contribution in [0.3, 0.4) is 0 Å². The summed E-state index contributed by atoms with van der Waals surface area (Å²) in [6, 6.07) is 18.2. The molecule has 0 radical (unpaired) electrons. The number of amides is 2. The Labute approximate surface area is 185 Å². The highest BCUT2D eigenvalue weighted by Gasteiger charge is 2.40. The Balaban J connectivity index is 1.80. The summed E-state index contributed by atoms with van der Waals surface area (Å²) in [6.45, 7) is 3.90. The monoisotopic (exact) mass is 434 g/mol. The van der Waals surface area contributed by atoms with Gasteiger partial charge in [-0.25, -0.2) is 9.29 Å². The van der Waals surface area contributed by atoms with Gasteiger partial charge in [0.05, 0.1) is 11.3 Å². The number of benzene rings is 3. The van der Waals surface area contributed by atoms with E-state index in [1.54, 1.807) is 18.2 Å². The zero-order chi connectivity index (χ0) is 22.1. The third-order valence-corrected chi connectivity index (χ3v) is 5.67. The van der Waals surface area contributed by atoms with Crippen LogP contribution in [0.1, 0.15) is 23.6 Å². The number of hydrogen-bond acceptors (Lipinski definition) is 3. The van der Waals surface area contributed by atoms with E-state index in [0.29, 0.717) is 22.0 Å². The predicted molar refractivity (Wildman–Crippen MR) is 121 cm³/mol. The van der Waals surface area contributed by atoms with E-state index in [2.05, 4.69) is 12.2 Å². The van der Waals surface area contributed by atoms with Gasteiger partial charge in [-0.1, -0.05) is 48.9 Å². The Bertz CT molecular complexity index is 1200. The molecule has 31 heavy (non-hydrogen) atoms. The van der Waals surface area contributed by atoms with Crippen LogP contribution in [-0.4, -0.2) is 11.8 Å². The molecule has 0 aromatic heterocycles. The smallest absolute Gasteiger partial charge is 0.282 e. The Morgan fingerprint density at radius 3 is 2.23 bits per heavy atom. The number of carbonyl (C=O) groups is 2.